The number of aldehydes is 1. The highest BCUT2D eigenvalue weighted by Crippen LogP contribution is 2.30. The van der Waals surface area contributed by atoms with Gasteiger partial charge in [0.15, 0.2) is 0 Å². The lowest BCUT2D eigenvalue weighted by molar-refractivity contribution is -0.111. The minimum atomic E-state index is -0.272. The molecule has 0 saturated heterocycles. The number of carbonyl (C=O) groups excluding carboxylic acids is 1. The fourth-order valence-corrected chi connectivity index (χ4v) is 2.50. The smallest absolute Gasteiger partial charge is 0.144 e. The topological polar surface area (TPSA) is 47.8 Å². The molecule has 4 nitrogen and oxygen atoms in total. The van der Waals surface area contributed by atoms with Crippen molar-refractivity contribution in [3.63, 3.8) is 0 Å². The Kier molecular flexibility index (Phi) is 3.59. The van der Waals surface area contributed by atoms with Gasteiger partial charge in [-0.05, 0) is 18.1 Å². The number of aromatic nitrogens is 3. The van der Waals surface area contributed by atoms with Crippen molar-refractivity contribution in [2.24, 2.45) is 5.92 Å². The molecule has 0 amide bonds. The lowest BCUT2D eigenvalue weighted by Gasteiger charge is -2.12. The van der Waals surface area contributed by atoms with Crippen LogP contribution in [-0.2, 0) is 4.79 Å². The molecule has 0 aliphatic carbocycles. The zero-order valence-corrected chi connectivity index (χ0v) is 11.1. The fraction of sp³-hybridized carbons (Fsp3) is 0.364. The predicted octanol–water partition coefficient (Wildman–Crippen LogP) is 3.06. The van der Waals surface area contributed by atoms with E-state index < -0.39 is 0 Å². The molecule has 6 heteroatoms. The minimum absolute atomic E-state index is 0.189. The van der Waals surface area contributed by atoms with E-state index in [1.54, 1.807) is 10.9 Å². The summed E-state index contributed by atoms with van der Waals surface area (Å²) in [6, 6.07) is 3.44. The van der Waals surface area contributed by atoms with E-state index in [0.29, 0.717) is 4.34 Å². The first kappa shape index (κ1) is 12.3. The summed E-state index contributed by atoms with van der Waals surface area (Å²) in [5.74, 6) is 0.189. The highest BCUT2D eigenvalue weighted by atomic mass is 35.5. The van der Waals surface area contributed by atoms with Gasteiger partial charge >= 0.3 is 0 Å². The Balaban J connectivity index is 2.29. The van der Waals surface area contributed by atoms with Crippen molar-refractivity contribution in [1.82, 2.24) is 15.0 Å². The van der Waals surface area contributed by atoms with Crippen LogP contribution in [0.3, 0.4) is 0 Å². The lowest BCUT2D eigenvalue weighted by Crippen LogP contribution is -2.17. The molecule has 0 fully saturated rings. The molecule has 0 unspecified atom stereocenters. The average Bonchev–Trinajstić information content (AvgIpc) is 2.87. The van der Waals surface area contributed by atoms with Crippen molar-refractivity contribution in [2.45, 2.75) is 19.9 Å². The standard InChI is InChI=1S/C11H12ClN3OS/c1-7(2)9(6-16)15-5-8(13-14-15)10-3-4-11(12)17-10/h3-7,9H,1-2H3/t9-/m0/s1. The molecule has 1 atom stereocenters. The molecule has 0 aliphatic rings. The van der Waals surface area contributed by atoms with Gasteiger partial charge in [-0.1, -0.05) is 30.7 Å². The Morgan fingerprint density at radius 1 is 1.47 bits per heavy atom. The van der Waals surface area contributed by atoms with Crippen LogP contribution in [0.25, 0.3) is 10.6 Å². The highest BCUT2D eigenvalue weighted by molar-refractivity contribution is 7.19. The van der Waals surface area contributed by atoms with Gasteiger partial charge in [0.1, 0.15) is 18.0 Å². The summed E-state index contributed by atoms with van der Waals surface area (Å²) in [7, 11) is 0. The molecule has 2 aromatic rings. The molecule has 0 radical (unpaired) electrons. The van der Waals surface area contributed by atoms with Gasteiger partial charge in [0.05, 0.1) is 15.4 Å². The van der Waals surface area contributed by atoms with Gasteiger partial charge in [-0.2, -0.15) is 0 Å². The molecule has 0 saturated carbocycles. The maximum atomic E-state index is 11.0. The van der Waals surface area contributed by atoms with E-state index in [0.717, 1.165) is 16.9 Å². The van der Waals surface area contributed by atoms with Crippen LogP contribution in [0.1, 0.15) is 19.9 Å². The van der Waals surface area contributed by atoms with E-state index in [2.05, 4.69) is 10.3 Å². The van der Waals surface area contributed by atoms with Gasteiger partial charge in [0.2, 0.25) is 0 Å². The number of hydrogen-bond donors (Lipinski definition) is 0. The molecule has 2 rings (SSSR count). The second kappa shape index (κ2) is 4.98. The molecular weight excluding hydrogens is 258 g/mol. The predicted molar refractivity (Wildman–Crippen MR) is 68.3 cm³/mol. The van der Waals surface area contributed by atoms with Gasteiger partial charge in [-0.15, -0.1) is 16.4 Å². The van der Waals surface area contributed by atoms with E-state index in [1.807, 2.05) is 26.0 Å². The fourth-order valence-electron chi connectivity index (χ4n) is 1.51. The van der Waals surface area contributed by atoms with Crippen LogP contribution in [0, 0.1) is 5.92 Å². The van der Waals surface area contributed by atoms with Crippen molar-refractivity contribution in [3.8, 4) is 10.6 Å². The van der Waals surface area contributed by atoms with Gasteiger partial charge in [0, 0.05) is 0 Å². The molecule has 0 spiro atoms. The summed E-state index contributed by atoms with van der Waals surface area (Å²) in [5.41, 5.74) is 0.745. The first-order valence-electron chi connectivity index (χ1n) is 5.24. The summed E-state index contributed by atoms with van der Waals surface area (Å²) in [5, 5.41) is 8.05. The van der Waals surface area contributed by atoms with Crippen molar-refractivity contribution in [2.75, 3.05) is 0 Å². The molecule has 0 N–H and O–H groups in total. The summed E-state index contributed by atoms with van der Waals surface area (Å²) >= 11 is 7.31. The SMILES string of the molecule is CC(C)[C@H](C=O)n1cc(-c2ccc(Cl)s2)nn1. The second-order valence-electron chi connectivity index (χ2n) is 4.06. The van der Waals surface area contributed by atoms with Crippen LogP contribution in [0.15, 0.2) is 18.3 Å². The Bertz CT molecular complexity index is 520. The van der Waals surface area contributed by atoms with Crippen LogP contribution in [0.5, 0.6) is 0 Å². The molecular formula is C11H12ClN3OS. The summed E-state index contributed by atoms with van der Waals surface area (Å²) < 4.78 is 2.31. The Hall–Kier alpha value is -1.20. The third-order valence-corrected chi connectivity index (χ3v) is 3.72. The zero-order valence-electron chi connectivity index (χ0n) is 9.50. The van der Waals surface area contributed by atoms with Crippen molar-refractivity contribution in [3.05, 3.63) is 22.7 Å². The van der Waals surface area contributed by atoms with Gasteiger partial charge < -0.3 is 4.79 Å². The maximum Gasteiger partial charge on any atom is 0.144 e. The summed E-state index contributed by atoms with van der Waals surface area (Å²) in [4.78, 5) is 11.9. The largest absolute Gasteiger partial charge is 0.301 e. The van der Waals surface area contributed by atoms with Crippen molar-refractivity contribution >= 4 is 29.2 Å². The van der Waals surface area contributed by atoms with Crippen LogP contribution in [0.4, 0.5) is 0 Å². The van der Waals surface area contributed by atoms with Crippen LogP contribution >= 0.6 is 22.9 Å². The lowest BCUT2D eigenvalue weighted by atomic mass is 10.1. The first-order chi connectivity index (χ1) is 8.11. The van der Waals surface area contributed by atoms with E-state index in [4.69, 9.17) is 11.6 Å². The third-order valence-electron chi connectivity index (χ3n) is 2.46. The Morgan fingerprint density at radius 3 is 2.76 bits per heavy atom. The maximum absolute atomic E-state index is 11.0. The van der Waals surface area contributed by atoms with Crippen molar-refractivity contribution in [1.29, 1.82) is 0 Å². The Labute approximate surface area is 108 Å². The monoisotopic (exact) mass is 269 g/mol. The molecule has 2 aromatic heterocycles. The zero-order chi connectivity index (χ0) is 12.4. The summed E-state index contributed by atoms with van der Waals surface area (Å²) in [6.07, 6.45) is 2.67. The molecule has 90 valence electrons. The minimum Gasteiger partial charge on any atom is -0.301 e. The molecule has 0 bridgehead atoms. The molecule has 0 aromatic carbocycles. The second-order valence-corrected chi connectivity index (χ2v) is 5.77. The third kappa shape index (κ3) is 2.56. The quantitative estimate of drug-likeness (QED) is 0.802. The number of nitrogens with zero attached hydrogens (tertiary/aromatic N) is 3. The van der Waals surface area contributed by atoms with Crippen LogP contribution in [-0.4, -0.2) is 21.3 Å². The summed E-state index contributed by atoms with van der Waals surface area (Å²) in [6.45, 7) is 3.95. The Morgan fingerprint density at radius 2 is 2.24 bits per heavy atom. The number of halogens is 1. The number of thiophene rings is 1. The molecule has 17 heavy (non-hydrogen) atoms. The molecule has 2 heterocycles. The van der Waals surface area contributed by atoms with Crippen LogP contribution < -0.4 is 0 Å². The van der Waals surface area contributed by atoms with Gasteiger partial charge in [-0.25, -0.2) is 4.68 Å². The van der Waals surface area contributed by atoms with E-state index >= 15 is 0 Å². The number of hydrogen-bond acceptors (Lipinski definition) is 4. The van der Waals surface area contributed by atoms with Crippen molar-refractivity contribution < 1.29 is 4.79 Å². The van der Waals surface area contributed by atoms with Gasteiger partial charge in [0.25, 0.3) is 0 Å². The average molecular weight is 270 g/mol. The van der Waals surface area contributed by atoms with E-state index in [-0.39, 0.29) is 12.0 Å². The molecule has 0 aliphatic heterocycles. The van der Waals surface area contributed by atoms with Crippen LogP contribution in [0.2, 0.25) is 4.34 Å². The van der Waals surface area contributed by atoms with E-state index in [9.17, 15) is 4.79 Å². The van der Waals surface area contributed by atoms with Gasteiger partial charge in [-0.3, -0.25) is 0 Å². The first-order valence-corrected chi connectivity index (χ1v) is 6.44. The van der Waals surface area contributed by atoms with E-state index in [1.165, 1.54) is 11.3 Å². The number of rotatable bonds is 4. The normalized spacial score (nSPS) is 12.9. The highest BCUT2D eigenvalue weighted by Gasteiger charge is 2.17. The number of carbonyl (C=O) groups is 1.